The molecule has 1 saturated carbocycles. The van der Waals surface area contributed by atoms with Crippen molar-refractivity contribution in [1.82, 2.24) is 0 Å². The Bertz CT molecular complexity index is 373. The predicted molar refractivity (Wildman–Crippen MR) is 62.2 cm³/mol. The molecule has 1 fully saturated rings. The summed E-state index contributed by atoms with van der Waals surface area (Å²) in [7, 11) is 0. The van der Waals surface area contributed by atoms with Crippen LogP contribution in [0.15, 0.2) is 18.2 Å². The highest BCUT2D eigenvalue weighted by atomic mass is 16.1. The third-order valence-corrected chi connectivity index (χ3v) is 3.38. The third kappa shape index (κ3) is 2.11. The lowest BCUT2D eigenvalue weighted by Crippen LogP contribution is -2.12. The van der Waals surface area contributed by atoms with Crippen LogP contribution in [-0.2, 0) is 0 Å². The van der Waals surface area contributed by atoms with Crippen LogP contribution in [0.2, 0.25) is 0 Å². The molecule has 0 aromatic heterocycles. The second kappa shape index (κ2) is 4.18. The molecule has 1 heteroatoms. The summed E-state index contributed by atoms with van der Waals surface area (Å²) in [6, 6.07) is 6.16. The molecule has 1 nitrogen and oxygen atoms in total. The van der Waals surface area contributed by atoms with E-state index >= 15 is 0 Å². The molecule has 0 amide bonds. The maximum Gasteiger partial charge on any atom is 0.166 e. The Morgan fingerprint density at radius 2 is 1.87 bits per heavy atom. The van der Waals surface area contributed by atoms with E-state index in [1.165, 1.54) is 18.4 Å². The number of benzene rings is 1. The van der Waals surface area contributed by atoms with Gasteiger partial charge in [0, 0.05) is 11.5 Å². The molecular formula is C14H18O. The Balaban J connectivity index is 2.27. The second-order valence-electron chi connectivity index (χ2n) is 4.66. The minimum absolute atomic E-state index is 0.297. The molecule has 0 aliphatic heterocycles. The van der Waals surface area contributed by atoms with E-state index in [9.17, 15) is 4.79 Å². The van der Waals surface area contributed by atoms with Crippen LogP contribution in [0.5, 0.6) is 0 Å². The van der Waals surface area contributed by atoms with E-state index in [1.807, 2.05) is 19.9 Å². The highest BCUT2D eigenvalue weighted by molar-refractivity contribution is 5.99. The van der Waals surface area contributed by atoms with Crippen LogP contribution in [0.4, 0.5) is 0 Å². The number of Topliss-reactive ketones (excluding diaryl/α,β-unsaturated/α-hetero) is 1. The molecule has 0 radical (unpaired) electrons. The van der Waals surface area contributed by atoms with Gasteiger partial charge < -0.3 is 0 Å². The summed E-state index contributed by atoms with van der Waals surface area (Å²) in [5, 5.41) is 0. The van der Waals surface area contributed by atoms with Gasteiger partial charge in [0.2, 0.25) is 0 Å². The highest BCUT2D eigenvalue weighted by Crippen LogP contribution is 2.29. The average molecular weight is 202 g/mol. The van der Waals surface area contributed by atoms with Crippen molar-refractivity contribution >= 4 is 5.78 Å². The van der Waals surface area contributed by atoms with Crippen molar-refractivity contribution in [2.24, 2.45) is 5.92 Å². The number of rotatable bonds is 2. The zero-order chi connectivity index (χ0) is 10.8. The van der Waals surface area contributed by atoms with Gasteiger partial charge in [-0.3, -0.25) is 4.79 Å². The minimum Gasteiger partial charge on any atom is -0.294 e. The summed E-state index contributed by atoms with van der Waals surface area (Å²) < 4.78 is 0. The Hall–Kier alpha value is -1.11. The van der Waals surface area contributed by atoms with E-state index in [2.05, 4.69) is 12.1 Å². The molecule has 1 aromatic carbocycles. The van der Waals surface area contributed by atoms with E-state index < -0.39 is 0 Å². The third-order valence-electron chi connectivity index (χ3n) is 3.38. The van der Waals surface area contributed by atoms with Crippen molar-refractivity contribution in [2.75, 3.05) is 0 Å². The van der Waals surface area contributed by atoms with E-state index in [1.54, 1.807) is 0 Å². The van der Waals surface area contributed by atoms with E-state index in [4.69, 9.17) is 0 Å². The van der Waals surface area contributed by atoms with Crippen LogP contribution >= 0.6 is 0 Å². The molecule has 1 aliphatic carbocycles. The topological polar surface area (TPSA) is 17.1 Å². The SMILES string of the molecule is Cc1ccc(C)c(C(=O)C2CCCC2)c1. The van der Waals surface area contributed by atoms with Gasteiger partial charge in [-0.05, 0) is 38.3 Å². The van der Waals surface area contributed by atoms with Crippen molar-refractivity contribution in [3.8, 4) is 0 Å². The monoisotopic (exact) mass is 202 g/mol. The van der Waals surface area contributed by atoms with Gasteiger partial charge in [0.15, 0.2) is 5.78 Å². The summed E-state index contributed by atoms with van der Waals surface area (Å²) in [6.07, 6.45) is 4.63. The zero-order valence-electron chi connectivity index (χ0n) is 9.55. The normalized spacial score (nSPS) is 16.9. The molecule has 0 heterocycles. The van der Waals surface area contributed by atoms with Crippen molar-refractivity contribution < 1.29 is 4.79 Å². The van der Waals surface area contributed by atoms with Crippen LogP contribution < -0.4 is 0 Å². The second-order valence-corrected chi connectivity index (χ2v) is 4.66. The first-order valence-corrected chi connectivity index (χ1v) is 5.80. The van der Waals surface area contributed by atoms with Gasteiger partial charge in [0.25, 0.3) is 0 Å². The van der Waals surface area contributed by atoms with Crippen LogP contribution in [0.3, 0.4) is 0 Å². The maximum absolute atomic E-state index is 12.2. The Kier molecular flexibility index (Phi) is 2.90. The van der Waals surface area contributed by atoms with Crippen molar-refractivity contribution in [1.29, 1.82) is 0 Å². The van der Waals surface area contributed by atoms with Gasteiger partial charge in [-0.1, -0.05) is 30.5 Å². The number of hydrogen-bond acceptors (Lipinski definition) is 1. The Morgan fingerprint density at radius 1 is 1.20 bits per heavy atom. The van der Waals surface area contributed by atoms with Crippen LogP contribution in [-0.4, -0.2) is 5.78 Å². The molecular weight excluding hydrogens is 184 g/mol. The fourth-order valence-corrected chi connectivity index (χ4v) is 2.41. The lowest BCUT2D eigenvalue weighted by atomic mass is 9.92. The van der Waals surface area contributed by atoms with Gasteiger partial charge in [-0.2, -0.15) is 0 Å². The molecule has 80 valence electrons. The van der Waals surface area contributed by atoms with Gasteiger partial charge in [-0.25, -0.2) is 0 Å². The fraction of sp³-hybridized carbons (Fsp3) is 0.500. The largest absolute Gasteiger partial charge is 0.294 e. The van der Waals surface area contributed by atoms with E-state index in [-0.39, 0.29) is 0 Å². The van der Waals surface area contributed by atoms with E-state index in [0.717, 1.165) is 24.0 Å². The first-order valence-electron chi connectivity index (χ1n) is 5.80. The Labute approximate surface area is 91.5 Å². The van der Waals surface area contributed by atoms with Gasteiger partial charge in [-0.15, -0.1) is 0 Å². The Morgan fingerprint density at radius 3 is 2.53 bits per heavy atom. The zero-order valence-corrected chi connectivity index (χ0v) is 9.55. The highest BCUT2D eigenvalue weighted by Gasteiger charge is 2.24. The first-order chi connectivity index (χ1) is 7.18. The van der Waals surface area contributed by atoms with Crippen LogP contribution in [0, 0.1) is 19.8 Å². The summed E-state index contributed by atoms with van der Waals surface area (Å²) in [4.78, 5) is 12.2. The quantitative estimate of drug-likeness (QED) is 0.669. The van der Waals surface area contributed by atoms with Crippen molar-refractivity contribution in [3.63, 3.8) is 0 Å². The summed E-state index contributed by atoms with van der Waals surface area (Å²) in [5.74, 6) is 0.666. The molecule has 0 spiro atoms. The molecule has 1 aliphatic rings. The van der Waals surface area contributed by atoms with Gasteiger partial charge in [0.1, 0.15) is 0 Å². The summed E-state index contributed by atoms with van der Waals surface area (Å²) in [5.41, 5.74) is 3.25. The van der Waals surface area contributed by atoms with Gasteiger partial charge in [0.05, 0.1) is 0 Å². The number of ketones is 1. The lowest BCUT2D eigenvalue weighted by molar-refractivity contribution is 0.0922. The smallest absolute Gasteiger partial charge is 0.166 e. The standard InChI is InChI=1S/C14H18O/c1-10-7-8-11(2)13(9-10)14(15)12-5-3-4-6-12/h7-9,12H,3-6H2,1-2H3. The van der Waals surface area contributed by atoms with Crippen LogP contribution in [0.1, 0.15) is 47.2 Å². The van der Waals surface area contributed by atoms with Gasteiger partial charge >= 0.3 is 0 Å². The molecule has 0 unspecified atom stereocenters. The first kappa shape index (κ1) is 10.4. The lowest BCUT2D eigenvalue weighted by Gasteiger charge is -2.11. The van der Waals surface area contributed by atoms with Crippen molar-refractivity contribution in [3.05, 3.63) is 34.9 Å². The summed E-state index contributed by atoms with van der Waals surface area (Å²) in [6.45, 7) is 4.08. The fourth-order valence-electron chi connectivity index (χ4n) is 2.41. The maximum atomic E-state index is 12.2. The molecule has 15 heavy (non-hydrogen) atoms. The molecule has 2 rings (SSSR count). The molecule has 1 aromatic rings. The number of carbonyl (C=O) groups excluding carboxylic acids is 1. The minimum atomic E-state index is 0.297. The summed E-state index contributed by atoms with van der Waals surface area (Å²) >= 11 is 0. The average Bonchev–Trinajstić information content (AvgIpc) is 2.74. The predicted octanol–water partition coefficient (Wildman–Crippen LogP) is 3.68. The number of hydrogen-bond donors (Lipinski definition) is 0. The van der Waals surface area contributed by atoms with Crippen LogP contribution in [0.25, 0.3) is 0 Å². The number of carbonyl (C=O) groups is 1. The molecule has 0 saturated heterocycles. The van der Waals surface area contributed by atoms with E-state index in [0.29, 0.717) is 11.7 Å². The molecule has 0 atom stereocenters. The molecule has 0 bridgehead atoms. The number of aryl methyl sites for hydroxylation is 2. The van der Waals surface area contributed by atoms with Crippen molar-refractivity contribution in [2.45, 2.75) is 39.5 Å². The molecule has 0 N–H and O–H groups in total.